The normalized spacial score (nSPS) is 19.7. The van der Waals surface area contributed by atoms with Crippen molar-refractivity contribution in [2.24, 2.45) is 5.84 Å². The number of nitrogen functional groups attached to an aromatic ring is 1. The number of rotatable bonds is 5. The molecule has 3 N–H and O–H groups in total. The van der Waals surface area contributed by atoms with E-state index in [9.17, 15) is 4.79 Å². The van der Waals surface area contributed by atoms with E-state index >= 15 is 0 Å². The minimum absolute atomic E-state index is 0.164. The van der Waals surface area contributed by atoms with E-state index in [0.29, 0.717) is 18.8 Å². The number of furan rings is 1. The largest absolute Gasteiger partial charge is 0.459 e. The molecule has 1 fully saturated rings. The van der Waals surface area contributed by atoms with Crippen molar-refractivity contribution in [3.05, 3.63) is 23.7 Å². The summed E-state index contributed by atoms with van der Waals surface area (Å²) in [4.78, 5) is 11.4. The van der Waals surface area contributed by atoms with E-state index in [-0.39, 0.29) is 11.9 Å². The van der Waals surface area contributed by atoms with Gasteiger partial charge in [-0.2, -0.15) is 0 Å². The van der Waals surface area contributed by atoms with Gasteiger partial charge in [0.2, 0.25) is 0 Å². The highest BCUT2D eigenvalue weighted by molar-refractivity contribution is 5.92. The van der Waals surface area contributed by atoms with Gasteiger partial charge in [0.05, 0.1) is 25.6 Å². The maximum Gasteiger partial charge on any atom is 0.301 e. The standard InChI is InChI=1S/C12H18N2O4/c13-14-12(15)11-9(4-6-18-11)7-16-8-10-3-1-2-5-17-10/h4,6,10H,1-3,5,7-8,13H2,(H,14,15). The lowest BCUT2D eigenvalue weighted by molar-refractivity contribution is -0.0449. The molecule has 0 spiro atoms. The molecule has 1 aliphatic heterocycles. The fourth-order valence-corrected chi connectivity index (χ4v) is 1.95. The maximum absolute atomic E-state index is 11.4. The first-order valence-corrected chi connectivity index (χ1v) is 6.08. The number of ether oxygens (including phenoxy) is 2. The smallest absolute Gasteiger partial charge is 0.301 e. The van der Waals surface area contributed by atoms with E-state index in [2.05, 4.69) is 0 Å². The molecule has 0 saturated carbocycles. The summed E-state index contributed by atoms with van der Waals surface area (Å²) in [5.41, 5.74) is 2.72. The van der Waals surface area contributed by atoms with Crippen LogP contribution in [0.4, 0.5) is 0 Å². The molecular formula is C12H18N2O4. The Labute approximate surface area is 105 Å². The molecule has 0 radical (unpaired) electrons. The lowest BCUT2D eigenvalue weighted by Crippen LogP contribution is -2.30. The van der Waals surface area contributed by atoms with Crippen molar-refractivity contribution in [1.29, 1.82) is 0 Å². The van der Waals surface area contributed by atoms with Crippen LogP contribution in [0.25, 0.3) is 0 Å². The van der Waals surface area contributed by atoms with Gasteiger partial charge in [-0.3, -0.25) is 10.2 Å². The van der Waals surface area contributed by atoms with Crippen molar-refractivity contribution in [2.45, 2.75) is 32.0 Å². The fourth-order valence-electron chi connectivity index (χ4n) is 1.95. The molecule has 0 aliphatic carbocycles. The number of hydrogen-bond donors (Lipinski definition) is 2. The highest BCUT2D eigenvalue weighted by Gasteiger charge is 2.16. The van der Waals surface area contributed by atoms with Crippen LogP contribution in [-0.4, -0.2) is 25.2 Å². The zero-order chi connectivity index (χ0) is 12.8. The Kier molecular flexibility index (Phi) is 4.74. The number of carbonyl (C=O) groups excluding carboxylic acids is 1. The fraction of sp³-hybridized carbons (Fsp3) is 0.583. The molecule has 0 aromatic carbocycles. The Balaban J connectivity index is 1.79. The highest BCUT2D eigenvalue weighted by atomic mass is 16.5. The first-order chi connectivity index (χ1) is 8.81. The molecule has 1 unspecified atom stereocenters. The van der Waals surface area contributed by atoms with Crippen molar-refractivity contribution in [3.63, 3.8) is 0 Å². The third kappa shape index (κ3) is 3.32. The van der Waals surface area contributed by atoms with Crippen molar-refractivity contribution in [1.82, 2.24) is 5.43 Å². The van der Waals surface area contributed by atoms with Gasteiger partial charge in [0.1, 0.15) is 0 Å². The van der Waals surface area contributed by atoms with Gasteiger partial charge >= 0.3 is 5.91 Å². The summed E-state index contributed by atoms with van der Waals surface area (Å²) in [5.74, 6) is 4.80. The van der Waals surface area contributed by atoms with Gasteiger partial charge in [0.15, 0.2) is 5.76 Å². The molecule has 1 aliphatic rings. The topological polar surface area (TPSA) is 86.7 Å². The predicted octanol–water partition coefficient (Wildman–Crippen LogP) is 0.969. The Bertz CT molecular complexity index is 385. The third-order valence-corrected chi connectivity index (χ3v) is 2.92. The van der Waals surface area contributed by atoms with Crippen LogP contribution < -0.4 is 11.3 Å². The molecule has 2 rings (SSSR count). The molecule has 1 aromatic heterocycles. The van der Waals surface area contributed by atoms with Crippen molar-refractivity contribution >= 4 is 5.91 Å². The second-order valence-electron chi connectivity index (χ2n) is 4.25. The Morgan fingerprint density at radius 2 is 2.44 bits per heavy atom. The number of hydrogen-bond acceptors (Lipinski definition) is 5. The SMILES string of the molecule is NNC(=O)c1occc1COCC1CCCCO1. The number of amides is 1. The van der Waals surface area contributed by atoms with Gasteiger partial charge < -0.3 is 13.9 Å². The first-order valence-electron chi connectivity index (χ1n) is 6.08. The molecular weight excluding hydrogens is 236 g/mol. The number of carbonyl (C=O) groups is 1. The summed E-state index contributed by atoms with van der Waals surface area (Å²) in [5, 5.41) is 0. The van der Waals surface area contributed by atoms with Crippen LogP contribution >= 0.6 is 0 Å². The second-order valence-corrected chi connectivity index (χ2v) is 4.25. The van der Waals surface area contributed by atoms with Crippen LogP contribution in [0, 0.1) is 0 Å². The van der Waals surface area contributed by atoms with Crippen molar-refractivity contribution in [2.75, 3.05) is 13.2 Å². The van der Waals surface area contributed by atoms with Crippen LogP contribution in [0.3, 0.4) is 0 Å². The number of hydrazine groups is 1. The van der Waals surface area contributed by atoms with E-state index in [1.54, 1.807) is 6.07 Å². The molecule has 1 saturated heterocycles. The lowest BCUT2D eigenvalue weighted by Gasteiger charge is -2.22. The quantitative estimate of drug-likeness (QED) is 0.464. The average molecular weight is 254 g/mol. The van der Waals surface area contributed by atoms with E-state index in [0.717, 1.165) is 19.4 Å². The third-order valence-electron chi connectivity index (χ3n) is 2.92. The van der Waals surface area contributed by atoms with E-state index in [1.165, 1.54) is 12.7 Å². The first kappa shape index (κ1) is 13.1. The van der Waals surface area contributed by atoms with Gasteiger partial charge in [-0.25, -0.2) is 5.84 Å². The lowest BCUT2D eigenvalue weighted by atomic mass is 10.1. The van der Waals surface area contributed by atoms with Crippen molar-refractivity contribution in [3.8, 4) is 0 Å². The van der Waals surface area contributed by atoms with Crippen LogP contribution in [0.1, 0.15) is 35.4 Å². The van der Waals surface area contributed by atoms with E-state index < -0.39 is 5.91 Å². The van der Waals surface area contributed by atoms with Crippen molar-refractivity contribution < 1.29 is 18.7 Å². The Hall–Kier alpha value is -1.37. The van der Waals surface area contributed by atoms with Gasteiger partial charge in [0.25, 0.3) is 0 Å². The summed E-state index contributed by atoms with van der Waals surface area (Å²) < 4.78 is 16.2. The average Bonchev–Trinajstić information content (AvgIpc) is 2.87. The molecule has 1 atom stereocenters. The zero-order valence-electron chi connectivity index (χ0n) is 10.2. The molecule has 1 aromatic rings. The minimum atomic E-state index is -0.451. The Morgan fingerprint density at radius 1 is 1.56 bits per heavy atom. The summed E-state index contributed by atoms with van der Waals surface area (Å²) in [6, 6.07) is 1.70. The molecule has 6 heteroatoms. The predicted molar refractivity (Wildman–Crippen MR) is 63.6 cm³/mol. The summed E-state index contributed by atoms with van der Waals surface area (Å²) in [6.45, 7) is 1.66. The monoisotopic (exact) mass is 254 g/mol. The number of nitrogens with one attached hydrogen (secondary N) is 1. The molecule has 18 heavy (non-hydrogen) atoms. The summed E-state index contributed by atoms with van der Waals surface area (Å²) in [7, 11) is 0. The maximum atomic E-state index is 11.4. The molecule has 1 amide bonds. The van der Waals surface area contributed by atoms with E-state index in [4.69, 9.17) is 19.7 Å². The zero-order valence-corrected chi connectivity index (χ0v) is 10.2. The van der Waals surface area contributed by atoms with Gasteiger partial charge in [-0.1, -0.05) is 0 Å². The second kappa shape index (κ2) is 6.53. The Morgan fingerprint density at radius 3 is 3.17 bits per heavy atom. The molecule has 0 bridgehead atoms. The van der Waals surface area contributed by atoms with Crippen LogP contribution in [0.15, 0.2) is 16.7 Å². The van der Waals surface area contributed by atoms with Crippen LogP contribution in [0.5, 0.6) is 0 Å². The minimum Gasteiger partial charge on any atom is -0.459 e. The van der Waals surface area contributed by atoms with Gasteiger partial charge in [-0.05, 0) is 25.3 Å². The van der Waals surface area contributed by atoms with Crippen LogP contribution in [-0.2, 0) is 16.1 Å². The molecule has 100 valence electrons. The highest BCUT2D eigenvalue weighted by Crippen LogP contribution is 2.15. The van der Waals surface area contributed by atoms with Crippen LogP contribution in [0.2, 0.25) is 0 Å². The van der Waals surface area contributed by atoms with Gasteiger partial charge in [-0.15, -0.1) is 0 Å². The molecule has 6 nitrogen and oxygen atoms in total. The number of nitrogens with two attached hydrogens (primary N) is 1. The summed E-state index contributed by atoms with van der Waals surface area (Å²) >= 11 is 0. The summed E-state index contributed by atoms with van der Waals surface area (Å²) in [6.07, 6.45) is 4.94. The van der Waals surface area contributed by atoms with Gasteiger partial charge in [0, 0.05) is 12.2 Å². The molecule has 2 heterocycles. The van der Waals surface area contributed by atoms with E-state index in [1.807, 2.05) is 5.43 Å².